The first-order valence-corrected chi connectivity index (χ1v) is 13.6. The molecule has 3 nitrogen and oxygen atoms in total. The van der Waals surface area contributed by atoms with Gasteiger partial charge < -0.3 is 4.42 Å². The Morgan fingerprint density at radius 1 is 0.861 bits per heavy atom. The van der Waals surface area contributed by atoms with Crippen molar-refractivity contribution in [3.05, 3.63) is 130 Å². The molecule has 2 heterocycles. The zero-order chi connectivity index (χ0) is 25.4. The average Bonchev–Trinajstić information content (AvgIpc) is 3.37. The van der Waals surface area contributed by atoms with E-state index in [4.69, 9.17) is 17.0 Å². The minimum Gasteiger partial charge on any atom is -0.455 e. The summed E-state index contributed by atoms with van der Waals surface area (Å²) in [5.41, 5.74) is 5.82. The first-order valence-electron chi connectivity index (χ1n) is 11.7. The summed E-state index contributed by atoms with van der Waals surface area (Å²) in [6.45, 7) is 5.74. The van der Waals surface area contributed by atoms with E-state index in [1.807, 2.05) is 105 Å². The highest BCUT2D eigenvalue weighted by atomic mass is 32.2. The molecule has 3 aromatic carbocycles. The van der Waals surface area contributed by atoms with Gasteiger partial charge >= 0.3 is 0 Å². The van der Waals surface area contributed by atoms with Crippen molar-refractivity contribution in [2.45, 2.75) is 20.8 Å². The van der Waals surface area contributed by atoms with E-state index < -0.39 is 9.84 Å². The first kappa shape index (κ1) is 24.2. The van der Waals surface area contributed by atoms with Crippen LogP contribution >= 0.6 is 12.6 Å². The van der Waals surface area contributed by atoms with Crippen molar-refractivity contribution in [3.63, 3.8) is 0 Å². The fraction of sp³-hybridized carbons (Fsp3) is 0.0968. The molecule has 0 fully saturated rings. The number of fused-ring (bicyclic) bond motifs is 1. The lowest BCUT2D eigenvalue weighted by atomic mass is 9.94. The highest BCUT2D eigenvalue weighted by Crippen LogP contribution is 2.46. The molecule has 1 aliphatic rings. The molecule has 1 aliphatic heterocycles. The van der Waals surface area contributed by atoms with Gasteiger partial charge in [0, 0.05) is 21.4 Å². The summed E-state index contributed by atoms with van der Waals surface area (Å²) in [4.78, 5) is 1.39. The van der Waals surface area contributed by atoms with Gasteiger partial charge in [-0.1, -0.05) is 84.4 Å². The van der Waals surface area contributed by atoms with Crippen LogP contribution in [0.1, 0.15) is 43.2 Å². The van der Waals surface area contributed by atoms with E-state index in [1.54, 1.807) is 13.0 Å². The van der Waals surface area contributed by atoms with Crippen LogP contribution in [0.2, 0.25) is 0 Å². The number of para-hydroxylation sites is 1. The molecule has 0 saturated heterocycles. The van der Waals surface area contributed by atoms with Crippen LogP contribution in [0.25, 0.3) is 31.9 Å². The molecule has 36 heavy (non-hydrogen) atoms. The van der Waals surface area contributed by atoms with E-state index in [0.717, 1.165) is 32.6 Å². The number of hydrogen-bond acceptors (Lipinski definition) is 4. The van der Waals surface area contributed by atoms with Crippen LogP contribution in [-0.2, 0) is 9.84 Å². The molecule has 0 bridgehead atoms. The molecular weight excluding hydrogens is 484 g/mol. The predicted octanol–water partition coefficient (Wildman–Crippen LogP) is 8.40. The van der Waals surface area contributed by atoms with Crippen molar-refractivity contribution in [1.82, 2.24) is 0 Å². The molecule has 0 spiro atoms. The minimum atomic E-state index is -3.65. The van der Waals surface area contributed by atoms with Crippen molar-refractivity contribution >= 4 is 54.4 Å². The molecule has 0 saturated carbocycles. The highest BCUT2D eigenvalue weighted by Gasteiger charge is 2.34. The molecule has 0 amide bonds. The van der Waals surface area contributed by atoms with Crippen LogP contribution in [0.15, 0.2) is 112 Å². The quantitative estimate of drug-likeness (QED) is 0.217. The third kappa shape index (κ3) is 4.19. The molecule has 0 radical (unpaired) electrons. The van der Waals surface area contributed by atoms with E-state index in [1.165, 1.54) is 0 Å². The lowest BCUT2D eigenvalue weighted by molar-refractivity contribution is 0.598. The van der Waals surface area contributed by atoms with Gasteiger partial charge in [-0.3, -0.25) is 0 Å². The van der Waals surface area contributed by atoms with E-state index >= 15 is 0 Å². The number of rotatable bonds is 5. The largest absolute Gasteiger partial charge is 0.455 e. The number of allylic oxidation sites excluding steroid dienone is 6. The molecule has 5 rings (SSSR count). The fourth-order valence-corrected chi connectivity index (χ4v) is 6.25. The Labute approximate surface area is 217 Å². The van der Waals surface area contributed by atoms with Gasteiger partial charge in [-0.25, -0.2) is 8.42 Å². The zero-order valence-electron chi connectivity index (χ0n) is 20.3. The topological polar surface area (TPSA) is 47.3 Å². The van der Waals surface area contributed by atoms with Gasteiger partial charge in [0.05, 0.1) is 9.81 Å². The fourth-order valence-electron chi connectivity index (χ4n) is 4.48. The molecule has 0 atom stereocenters. The average molecular weight is 511 g/mol. The van der Waals surface area contributed by atoms with E-state index in [0.29, 0.717) is 22.5 Å². The van der Waals surface area contributed by atoms with Crippen LogP contribution in [0, 0.1) is 0 Å². The van der Waals surface area contributed by atoms with Crippen molar-refractivity contribution in [2.24, 2.45) is 0 Å². The number of benzene rings is 3. The summed E-state index contributed by atoms with van der Waals surface area (Å²) in [7, 11) is -3.65. The Balaban J connectivity index is 1.77. The Morgan fingerprint density at radius 3 is 2.14 bits per heavy atom. The SMILES string of the molecule is CC(C)=C(/C=C(\S)c1ccccc1)c1c(C2=C(C)S(=O)(=O)C(c3ccccc3)=C2)oc2ccccc12. The summed E-state index contributed by atoms with van der Waals surface area (Å²) in [5.74, 6) is 0.546. The van der Waals surface area contributed by atoms with Crippen LogP contribution in [-0.4, -0.2) is 8.42 Å². The normalized spacial score (nSPS) is 15.3. The van der Waals surface area contributed by atoms with Crippen LogP contribution < -0.4 is 0 Å². The van der Waals surface area contributed by atoms with Crippen molar-refractivity contribution in [1.29, 1.82) is 0 Å². The second-order valence-electron chi connectivity index (χ2n) is 8.96. The Bertz CT molecular complexity index is 1700. The first-order chi connectivity index (χ1) is 17.3. The second kappa shape index (κ2) is 9.49. The predicted molar refractivity (Wildman–Crippen MR) is 154 cm³/mol. The molecule has 180 valence electrons. The van der Waals surface area contributed by atoms with Crippen molar-refractivity contribution < 1.29 is 12.8 Å². The van der Waals surface area contributed by atoms with Crippen LogP contribution in [0.3, 0.4) is 0 Å². The van der Waals surface area contributed by atoms with E-state index in [-0.39, 0.29) is 9.81 Å². The number of sulfone groups is 1. The Morgan fingerprint density at radius 2 is 1.47 bits per heavy atom. The smallest absolute Gasteiger partial charge is 0.203 e. The Hall–Kier alpha value is -3.54. The number of furan rings is 1. The van der Waals surface area contributed by atoms with E-state index in [2.05, 4.69) is 0 Å². The highest BCUT2D eigenvalue weighted by molar-refractivity contribution is 8.04. The summed E-state index contributed by atoms with van der Waals surface area (Å²) >= 11 is 4.81. The van der Waals surface area contributed by atoms with Crippen LogP contribution in [0.4, 0.5) is 0 Å². The third-order valence-corrected chi connectivity index (χ3v) is 8.75. The third-order valence-electron chi connectivity index (χ3n) is 6.40. The monoisotopic (exact) mass is 510 g/mol. The lowest BCUT2D eigenvalue weighted by Gasteiger charge is -2.10. The standard InChI is InChI=1S/C31H26O3S2/c1-20(2)25(18-28(35)22-12-6-4-7-13-22)30-24-16-10-11-17-27(24)34-31(30)26-19-29(36(32,33)21(26)3)23-14-8-5-9-15-23/h4-19,35H,1-3H3/b28-18-. The summed E-state index contributed by atoms with van der Waals surface area (Å²) in [5, 5.41) is 0.924. The number of thiol groups is 1. The van der Waals surface area contributed by atoms with Gasteiger partial charge in [0.25, 0.3) is 0 Å². The summed E-state index contributed by atoms with van der Waals surface area (Å²) < 4.78 is 33.3. The molecule has 5 heteroatoms. The molecular formula is C31H26O3S2. The van der Waals surface area contributed by atoms with Gasteiger partial charge in [-0.05, 0) is 55.7 Å². The second-order valence-corrected chi connectivity index (χ2v) is 11.5. The minimum absolute atomic E-state index is 0.285. The maximum absolute atomic E-state index is 13.5. The van der Waals surface area contributed by atoms with Gasteiger partial charge in [0.15, 0.2) is 0 Å². The maximum atomic E-state index is 13.5. The van der Waals surface area contributed by atoms with Crippen molar-refractivity contribution in [2.75, 3.05) is 0 Å². The zero-order valence-corrected chi connectivity index (χ0v) is 22.0. The summed E-state index contributed by atoms with van der Waals surface area (Å²) in [6, 6.07) is 27.0. The van der Waals surface area contributed by atoms with Gasteiger partial charge in [-0.15, -0.1) is 12.6 Å². The molecule has 0 aliphatic carbocycles. The molecule has 1 aromatic heterocycles. The molecule has 4 aromatic rings. The number of hydrogen-bond donors (Lipinski definition) is 1. The van der Waals surface area contributed by atoms with E-state index in [9.17, 15) is 8.42 Å². The summed E-state index contributed by atoms with van der Waals surface area (Å²) in [6.07, 6.45) is 3.78. The van der Waals surface area contributed by atoms with Crippen molar-refractivity contribution in [3.8, 4) is 0 Å². The lowest BCUT2D eigenvalue weighted by Crippen LogP contribution is -2.00. The van der Waals surface area contributed by atoms with Crippen LogP contribution in [0.5, 0.6) is 0 Å². The van der Waals surface area contributed by atoms with Gasteiger partial charge in [0.2, 0.25) is 9.84 Å². The van der Waals surface area contributed by atoms with Gasteiger partial charge in [-0.2, -0.15) is 0 Å². The molecule has 0 N–H and O–H groups in total. The van der Waals surface area contributed by atoms with Gasteiger partial charge in [0.1, 0.15) is 11.3 Å². The molecule has 0 unspecified atom stereocenters. The maximum Gasteiger partial charge on any atom is 0.203 e. The Kier molecular flexibility index (Phi) is 6.37.